The molecule has 1 aromatic rings. The first-order valence-electron chi connectivity index (χ1n) is 7.22. The Morgan fingerprint density at radius 2 is 1.83 bits per heavy atom. The standard InChI is InChI=1S/C15H17Cl2F3N2O/c1-2-13-12(7-9-5-10(16)8-11(17)6-9)14(15(18,19)20)22(21-13)3-4-23/h5-6,8,12,14,23H,2-4,7H2,1H3. The van der Waals surface area contributed by atoms with Crippen LogP contribution in [0.3, 0.4) is 0 Å². The number of alkyl halides is 3. The number of hydrogen-bond acceptors (Lipinski definition) is 3. The Kier molecular flexibility index (Phi) is 5.81. The van der Waals surface area contributed by atoms with Gasteiger partial charge < -0.3 is 5.11 Å². The van der Waals surface area contributed by atoms with E-state index in [1.54, 1.807) is 19.1 Å². The monoisotopic (exact) mass is 368 g/mol. The van der Waals surface area contributed by atoms with Crippen LogP contribution >= 0.6 is 23.2 Å². The first kappa shape index (κ1) is 18.4. The number of β-amino-alcohol motifs (C(OH)–C–C–N with tert-alkyl or cyclic N) is 1. The summed E-state index contributed by atoms with van der Waals surface area (Å²) in [4.78, 5) is 0. The zero-order valence-electron chi connectivity index (χ0n) is 12.4. The van der Waals surface area contributed by atoms with Gasteiger partial charge in [-0.1, -0.05) is 30.1 Å². The predicted molar refractivity (Wildman–Crippen MR) is 85.0 cm³/mol. The molecular weight excluding hydrogens is 352 g/mol. The number of hydrogen-bond donors (Lipinski definition) is 1. The fourth-order valence-corrected chi connectivity index (χ4v) is 3.50. The number of rotatable bonds is 5. The van der Waals surface area contributed by atoms with Crippen molar-refractivity contribution in [2.45, 2.75) is 32.0 Å². The van der Waals surface area contributed by atoms with Crippen molar-refractivity contribution in [3.05, 3.63) is 33.8 Å². The molecule has 2 rings (SSSR count). The SMILES string of the molecule is CCC1=NN(CCO)C(C(F)(F)F)C1Cc1cc(Cl)cc(Cl)c1. The number of benzene rings is 1. The van der Waals surface area contributed by atoms with Gasteiger partial charge in [0.25, 0.3) is 0 Å². The second kappa shape index (κ2) is 7.28. The largest absolute Gasteiger partial charge is 0.411 e. The maximum Gasteiger partial charge on any atom is 0.411 e. The molecule has 0 spiro atoms. The minimum atomic E-state index is -4.44. The highest BCUT2D eigenvalue weighted by atomic mass is 35.5. The molecule has 3 nitrogen and oxygen atoms in total. The fraction of sp³-hybridized carbons (Fsp3) is 0.533. The lowest BCUT2D eigenvalue weighted by Crippen LogP contribution is -2.47. The van der Waals surface area contributed by atoms with Crippen LogP contribution in [0.5, 0.6) is 0 Å². The average molecular weight is 369 g/mol. The van der Waals surface area contributed by atoms with E-state index in [9.17, 15) is 13.2 Å². The molecular formula is C15H17Cl2F3N2O. The van der Waals surface area contributed by atoms with Gasteiger partial charge in [0.2, 0.25) is 0 Å². The normalized spacial score (nSPS) is 21.7. The molecule has 1 heterocycles. The second-order valence-electron chi connectivity index (χ2n) is 5.41. The molecule has 0 bridgehead atoms. The molecule has 0 amide bonds. The van der Waals surface area contributed by atoms with E-state index in [4.69, 9.17) is 28.3 Å². The maximum atomic E-state index is 13.5. The molecule has 0 aromatic heterocycles. The first-order valence-corrected chi connectivity index (χ1v) is 7.98. The minimum absolute atomic E-state index is 0.138. The van der Waals surface area contributed by atoms with E-state index in [1.165, 1.54) is 6.07 Å². The number of aliphatic hydroxyl groups is 1. The Labute approximate surface area is 142 Å². The topological polar surface area (TPSA) is 35.8 Å². The Morgan fingerprint density at radius 3 is 2.30 bits per heavy atom. The maximum absolute atomic E-state index is 13.5. The lowest BCUT2D eigenvalue weighted by Gasteiger charge is -2.29. The summed E-state index contributed by atoms with van der Waals surface area (Å²) < 4.78 is 40.5. The summed E-state index contributed by atoms with van der Waals surface area (Å²) in [6.07, 6.45) is -3.89. The van der Waals surface area contributed by atoms with Crippen LogP contribution in [0.1, 0.15) is 18.9 Å². The van der Waals surface area contributed by atoms with Gasteiger partial charge >= 0.3 is 6.18 Å². The summed E-state index contributed by atoms with van der Waals surface area (Å²) in [6.45, 7) is 1.23. The van der Waals surface area contributed by atoms with E-state index in [-0.39, 0.29) is 19.6 Å². The Morgan fingerprint density at radius 1 is 1.22 bits per heavy atom. The molecule has 2 unspecified atom stereocenters. The summed E-state index contributed by atoms with van der Waals surface area (Å²) in [5.74, 6) is -0.818. The highest BCUT2D eigenvalue weighted by Gasteiger charge is 2.52. The smallest absolute Gasteiger partial charge is 0.394 e. The first-order chi connectivity index (χ1) is 10.8. The molecule has 1 N–H and O–H groups in total. The second-order valence-corrected chi connectivity index (χ2v) is 6.28. The van der Waals surface area contributed by atoms with Gasteiger partial charge in [-0.15, -0.1) is 0 Å². The molecule has 1 aliphatic heterocycles. The summed E-state index contributed by atoms with van der Waals surface area (Å²) in [6, 6.07) is 3.02. The molecule has 128 valence electrons. The van der Waals surface area contributed by atoms with Crippen LogP contribution in [0, 0.1) is 5.92 Å². The summed E-state index contributed by atoms with van der Waals surface area (Å²) in [5.41, 5.74) is 1.10. The van der Waals surface area contributed by atoms with Gasteiger partial charge in [0.1, 0.15) is 0 Å². The third-order valence-corrected chi connectivity index (χ3v) is 4.23. The van der Waals surface area contributed by atoms with Crippen molar-refractivity contribution >= 4 is 28.9 Å². The van der Waals surface area contributed by atoms with E-state index in [1.807, 2.05) is 0 Å². The van der Waals surface area contributed by atoms with E-state index in [2.05, 4.69) is 5.10 Å². The van der Waals surface area contributed by atoms with Gasteiger partial charge in [0.15, 0.2) is 6.04 Å². The van der Waals surface area contributed by atoms with Crippen LogP contribution in [-0.2, 0) is 6.42 Å². The molecule has 0 saturated heterocycles. The third-order valence-electron chi connectivity index (χ3n) is 3.79. The van der Waals surface area contributed by atoms with Crippen molar-refractivity contribution in [3.63, 3.8) is 0 Å². The van der Waals surface area contributed by atoms with Crippen LogP contribution in [0.15, 0.2) is 23.3 Å². The molecule has 0 aliphatic carbocycles. The summed E-state index contributed by atoms with van der Waals surface area (Å²) in [5, 5.41) is 14.8. The lowest BCUT2D eigenvalue weighted by molar-refractivity contribution is -0.188. The highest BCUT2D eigenvalue weighted by Crippen LogP contribution is 2.38. The van der Waals surface area contributed by atoms with Crippen molar-refractivity contribution in [2.24, 2.45) is 11.0 Å². The Bertz CT molecular complexity index is 572. The van der Waals surface area contributed by atoms with Crippen molar-refractivity contribution in [3.8, 4) is 0 Å². The number of nitrogens with zero attached hydrogens (tertiary/aromatic N) is 2. The fourth-order valence-electron chi connectivity index (χ4n) is 2.93. The molecule has 8 heteroatoms. The molecule has 2 atom stereocenters. The minimum Gasteiger partial charge on any atom is -0.394 e. The lowest BCUT2D eigenvalue weighted by atomic mass is 9.87. The van der Waals surface area contributed by atoms with Crippen LogP contribution < -0.4 is 0 Å². The quantitative estimate of drug-likeness (QED) is 0.846. The number of aliphatic hydroxyl groups excluding tert-OH is 1. The van der Waals surface area contributed by atoms with E-state index in [0.717, 1.165) is 5.01 Å². The van der Waals surface area contributed by atoms with Crippen LogP contribution in [0.4, 0.5) is 13.2 Å². The van der Waals surface area contributed by atoms with Gasteiger partial charge in [-0.3, -0.25) is 5.01 Å². The van der Waals surface area contributed by atoms with Gasteiger partial charge in [0, 0.05) is 21.7 Å². The summed E-state index contributed by atoms with van der Waals surface area (Å²) in [7, 11) is 0. The van der Waals surface area contributed by atoms with Crippen molar-refractivity contribution in [1.29, 1.82) is 0 Å². The molecule has 0 radical (unpaired) electrons. The van der Waals surface area contributed by atoms with Crippen molar-refractivity contribution < 1.29 is 18.3 Å². The average Bonchev–Trinajstić information content (AvgIpc) is 2.75. The van der Waals surface area contributed by atoms with Gasteiger partial charge in [-0.2, -0.15) is 18.3 Å². The van der Waals surface area contributed by atoms with E-state index >= 15 is 0 Å². The van der Waals surface area contributed by atoms with Crippen LogP contribution in [0.2, 0.25) is 10.0 Å². The summed E-state index contributed by atoms with van der Waals surface area (Å²) >= 11 is 11.9. The molecule has 23 heavy (non-hydrogen) atoms. The van der Waals surface area contributed by atoms with Crippen molar-refractivity contribution in [2.75, 3.05) is 13.2 Å². The number of hydrazone groups is 1. The molecule has 1 aliphatic rings. The molecule has 0 fully saturated rings. The third kappa shape index (κ3) is 4.31. The Balaban J connectivity index is 2.33. The van der Waals surface area contributed by atoms with Gasteiger partial charge in [-0.05, 0) is 36.6 Å². The van der Waals surface area contributed by atoms with Crippen LogP contribution in [-0.4, -0.2) is 41.2 Å². The predicted octanol–water partition coefficient (Wildman–Crippen LogP) is 4.16. The van der Waals surface area contributed by atoms with Gasteiger partial charge in [-0.25, -0.2) is 0 Å². The molecule has 1 aromatic carbocycles. The zero-order valence-corrected chi connectivity index (χ0v) is 14.0. The highest BCUT2D eigenvalue weighted by molar-refractivity contribution is 6.34. The van der Waals surface area contributed by atoms with E-state index < -0.39 is 18.1 Å². The van der Waals surface area contributed by atoms with Gasteiger partial charge in [0.05, 0.1) is 13.2 Å². The zero-order chi connectivity index (χ0) is 17.2. The Hall–Kier alpha value is -0.980. The van der Waals surface area contributed by atoms with E-state index in [0.29, 0.717) is 27.7 Å². The molecule has 0 saturated carbocycles. The van der Waals surface area contributed by atoms with Crippen molar-refractivity contribution in [1.82, 2.24) is 5.01 Å². The van der Waals surface area contributed by atoms with Crippen LogP contribution in [0.25, 0.3) is 0 Å². The number of halogens is 5.